The predicted octanol–water partition coefficient (Wildman–Crippen LogP) is 7.63. The Hall–Kier alpha value is -1.76. The highest BCUT2D eigenvalue weighted by Crippen LogP contribution is 2.35. The monoisotopic (exact) mass is 539 g/mol. The maximum Gasteiger partial charge on any atom is 0.175 e. The fourth-order valence-electron chi connectivity index (χ4n) is 2.70. The summed E-state index contributed by atoms with van der Waals surface area (Å²) >= 11 is 14.6. The van der Waals surface area contributed by atoms with E-state index >= 15 is 0 Å². The SMILES string of the molecule is CCOc1cc(C=Nc2cc(Cl)ccc2C)cc(I)c1OCc1ccccc1Cl. The van der Waals surface area contributed by atoms with Crippen LogP contribution in [0.1, 0.15) is 23.6 Å². The molecule has 0 atom stereocenters. The molecule has 0 aliphatic rings. The highest BCUT2D eigenvalue weighted by atomic mass is 127. The third-order valence-corrected chi connectivity index (χ3v) is 5.59. The van der Waals surface area contributed by atoms with Gasteiger partial charge in [0.15, 0.2) is 11.5 Å². The van der Waals surface area contributed by atoms with Gasteiger partial charge in [-0.2, -0.15) is 0 Å². The number of ether oxygens (including phenoxy) is 2. The second-order valence-electron chi connectivity index (χ2n) is 6.33. The average molecular weight is 540 g/mol. The molecule has 3 rings (SSSR count). The number of halogens is 3. The molecule has 0 radical (unpaired) electrons. The summed E-state index contributed by atoms with van der Waals surface area (Å²) in [6.07, 6.45) is 1.81. The molecule has 0 N–H and O–H groups in total. The highest BCUT2D eigenvalue weighted by molar-refractivity contribution is 14.1. The van der Waals surface area contributed by atoms with Gasteiger partial charge in [0.1, 0.15) is 6.61 Å². The molecule has 0 aromatic heterocycles. The molecule has 6 heteroatoms. The Morgan fingerprint density at radius 2 is 1.83 bits per heavy atom. The second-order valence-corrected chi connectivity index (χ2v) is 8.34. The van der Waals surface area contributed by atoms with Crippen molar-refractivity contribution in [3.8, 4) is 11.5 Å². The Morgan fingerprint density at radius 1 is 1.03 bits per heavy atom. The van der Waals surface area contributed by atoms with Crippen molar-refractivity contribution in [3.63, 3.8) is 0 Å². The van der Waals surface area contributed by atoms with E-state index in [-0.39, 0.29) is 0 Å². The number of aryl methyl sites for hydroxylation is 1. The van der Waals surface area contributed by atoms with Gasteiger partial charge in [0.25, 0.3) is 0 Å². The van der Waals surface area contributed by atoms with Crippen molar-refractivity contribution in [2.24, 2.45) is 4.99 Å². The van der Waals surface area contributed by atoms with Gasteiger partial charge in [-0.05, 0) is 77.9 Å². The first-order chi connectivity index (χ1) is 14.0. The van der Waals surface area contributed by atoms with Gasteiger partial charge in [-0.15, -0.1) is 0 Å². The van der Waals surface area contributed by atoms with Crippen LogP contribution < -0.4 is 9.47 Å². The third-order valence-electron chi connectivity index (χ3n) is 4.19. The zero-order valence-corrected chi connectivity index (χ0v) is 19.8. The van der Waals surface area contributed by atoms with Gasteiger partial charge in [0.05, 0.1) is 15.9 Å². The van der Waals surface area contributed by atoms with Gasteiger partial charge in [0.2, 0.25) is 0 Å². The van der Waals surface area contributed by atoms with Crippen LogP contribution >= 0.6 is 45.8 Å². The largest absolute Gasteiger partial charge is 0.490 e. The molecule has 3 aromatic carbocycles. The van der Waals surface area contributed by atoms with E-state index < -0.39 is 0 Å². The summed E-state index contributed by atoms with van der Waals surface area (Å²) in [5.74, 6) is 1.37. The third kappa shape index (κ3) is 5.87. The lowest BCUT2D eigenvalue weighted by Gasteiger charge is -2.15. The van der Waals surface area contributed by atoms with Crippen LogP contribution in [0.2, 0.25) is 10.0 Å². The number of rotatable bonds is 7. The first kappa shape index (κ1) is 21.9. The van der Waals surface area contributed by atoms with Crippen LogP contribution in [0.5, 0.6) is 11.5 Å². The zero-order chi connectivity index (χ0) is 20.8. The van der Waals surface area contributed by atoms with Crippen molar-refractivity contribution in [1.82, 2.24) is 0 Å². The Morgan fingerprint density at radius 3 is 2.59 bits per heavy atom. The summed E-state index contributed by atoms with van der Waals surface area (Å²) in [7, 11) is 0. The number of hydrogen-bond donors (Lipinski definition) is 0. The van der Waals surface area contributed by atoms with Crippen molar-refractivity contribution in [2.45, 2.75) is 20.5 Å². The topological polar surface area (TPSA) is 30.8 Å². The van der Waals surface area contributed by atoms with Crippen molar-refractivity contribution in [2.75, 3.05) is 6.61 Å². The number of aliphatic imine (C=N–C) groups is 1. The molecular weight excluding hydrogens is 520 g/mol. The molecule has 0 amide bonds. The first-order valence-electron chi connectivity index (χ1n) is 9.10. The Labute approximate surface area is 194 Å². The minimum absolute atomic E-state index is 0.366. The van der Waals surface area contributed by atoms with Crippen LogP contribution in [-0.2, 0) is 6.61 Å². The van der Waals surface area contributed by atoms with E-state index in [1.54, 1.807) is 6.21 Å². The molecule has 3 aromatic rings. The Kier molecular flexibility index (Phi) is 7.81. The molecule has 3 nitrogen and oxygen atoms in total. The standard InChI is InChI=1S/C23H20Cl2INO2/c1-3-28-22-11-16(13-27-21-12-18(24)9-8-15(21)2)10-20(26)23(22)29-14-17-6-4-5-7-19(17)25/h4-13H,3,14H2,1-2H3. The molecule has 150 valence electrons. The van der Waals surface area contributed by atoms with E-state index in [9.17, 15) is 0 Å². The van der Waals surface area contributed by atoms with Crippen LogP contribution in [0.25, 0.3) is 0 Å². The van der Waals surface area contributed by atoms with Gasteiger partial charge < -0.3 is 9.47 Å². The van der Waals surface area contributed by atoms with Gasteiger partial charge >= 0.3 is 0 Å². The van der Waals surface area contributed by atoms with Crippen LogP contribution in [0, 0.1) is 10.5 Å². The highest BCUT2D eigenvalue weighted by Gasteiger charge is 2.13. The van der Waals surface area contributed by atoms with Crippen LogP contribution in [0.15, 0.2) is 59.6 Å². The van der Waals surface area contributed by atoms with Gasteiger partial charge in [-0.25, -0.2) is 0 Å². The average Bonchev–Trinajstić information content (AvgIpc) is 2.69. The van der Waals surface area contributed by atoms with E-state index in [4.69, 9.17) is 32.7 Å². The molecule has 0 bridgehead atoms. The summed E-state index contributed by atoms with van der Waals surface area (Å²) in [5, 5.41) is 1.34. The maximum absolute atomic E-state index is 6.24. The zero-order valence-electron chi connectivity index (χ0n) is 16.1. The second kappa shape index (κ2) is 10.3. The molecule has 0 unspecified atom stereocenters. The van der Waals surface area contributed by atoms with Gasteiger partial charge in [0, 0.05) is 21.8 Å². The Bertz CT molecular complexity index is 1040. The fourth-order valence-corrected chi connectivity index (χ4v) is 3.83. The number of nitrogens with zero attached hydrogens (tertiary/aromatic N) is 1. The summed E-state index contributed by atoms with van der Waals surface area (Å²) in [5.41, 5.74) is 3.74. The minimum atomic E-state index is 0.366. The molecule has 0 aliphatic heterocycles. The van der Waals surface area contributed by atoms with E-state index in [1.165, 1.54) is 0 Å². The molecule has 0 saturated heterocycles. The lowest BCUT2D eigenvalue weighted by molar-refractivity contribution is 0.267. The molecule has 0 spiro atoms. The van der Waals surface area contributed by atoms with Crippen molar-refractivity contribution >= 4 is 57.7 Å². The summed E-state index contributed by atoms with van der Waals surface area (Å²) in [4.78, 5) is 4.59. The maximum atomic E-state index is 6.24. The Balaban J connectivity index is 1.86. The molecule has 29 heavy (non-hydrogen) atoms. The summed E-state index contributed by atoms with van der Waals surface area (Å²) in [6.45, 7) is 4.85. The lowest BCUT2D eigenvalue weighted by atomic mass is 10.2. The lowest BCUT2D eigenvalue weighted by Crippen LogP contribution is -2.03. The first-order valence-corrected chi connectivity index (χ1v) is 10.9. The molecule has 0 fully saturated rings. The summed E-state index contributed by atoms with van der Waals surface area (Å²) < 4.78 is 12.8. The minimum Gasteiger partial charge on any atom is -0.490 e. The van der Waals surface area contributed by atoms with Crippen LogP contribution in [0.3, 0.4) is 0 Å². The molecule has 0 aliphatic carbocycles. The van der Waals surface area contributed by atoms with Crippen molar-refractivity contribution in [3.05, 3.63) is 84.9 Å². The van der Waals surface area contributed by atoms with Crippen LogP contribution in [0.4, 0.5) is 5.69 Å². The number of benzene rings is 3. The van der Waals surface area contributed by atoms with E-state index in [0.29, 0.717) is 34.8 Å². The molecule has 0 heterocycles. The van der Waals surface area contributed by atoms with Crippen LogP contribution in [-0.4, -0.2) is 12.8 Å². The van der Waals surface area contributed by atoms with E-state index in [2.05, 4.69) is 27.6 Å². The van der Waals surface area contributed by atoms with E-state index in [0.717, 1.165) is 25.9 Å². The molecular formula is C23H20Cl2INO2. The van der Waals surface area contributed by atoms with E-state index in [1.807, 2.05) is 68.4 Å². The van der Waals surface area contributed by atoms with Crippen molar-refractivity contribution < 1.29 is 9.47 Å². The predicted molar refractivity (Wildman–Crippen MR) is 130 cm³/mol. The quantitative estimate of drug-likeness (QED) is 0.228. The number of hydrogen-bond acceptors (Lipinski definition) is 3. The summed E-state index contributed by atoms with van der Waals surface area (Å²) in [6, 6.07) is 17.2. The van der Waals surface area contributed by atoms with Gasteiger partial charge in [-0.3, -0.25) is 4.99 Å². The van der Waals surface area contributed by atoms with Crippen molar-refractivity contribution in [1.29, 1.82) is 0 Å². The van der Waals surface area contributed by atoms with Gasteiger partial charge in [-0.1, -0.05) is 47.5 Å². The fraction of sp³-hybridized carbons (Fsp3) is 0.174. The molecule has 0 saturated carbocycles. The normalized spacial score (nSPS) is 11.1. The smallest absolute Gasteiger partial charge is 0.175 e.